The van der Waals surface area contributed by atoms with Gasteiger partial charge < -0.3 is 9.73 Å². The Morgan fingerprint density at radius 3 is 2.42 bits per heavy atom. The fourth-order valence-corrected chi connectivity index (χ4v) is 2.65. The molecule has 26 heavy (non-hydrogen) atoms. The highest BCUT2D eigenvalue weighted by Gasteiger charge is 2.31. The van der Waals surface area contributed by atoms with Crippen molar-refractivity contribution >= 4 is 34.8 Å². The summed E-state index contributed by atoms with van der Waals surface area (Å²) < 4.78 is 43.4. The first kappa shape index (κ1) is 18.4. The van der Waals surface area contributed by atoms with Crippen molar-refractivity contribution in [3.8, 4) is 11.3 Å². The third-order valence-electron chi connectivity index (χ3n) is 3.48. The number of rotatable bonds is 3. The van der Waals surface area contributed by atoms with Crippen LogP contribution >= 0.6 is 23.2 Å². The van der Waals surface area contributed by atoms with Crippen LogP contribution in [0.5, 0.6) is 0 Å². The van der Waals surface area contributed by atoms with Crippen LogP contribution in [-0.2, 0) is 6.18 Å². The number of hydrogen-bond acceptors (Lipinski definition) is 2. The summed E-state index contributed by atoms with van der Waals surface area (Å²) in [5.74, 6) is -0.230. The lowest BCUT2D eigenvalue weighted by Gasteiger charge is -2.10. The Kier molecular flexibility index (Phi) is 4.98. The van der Waals surface area contributed by atoms with E-state index in [1.165, 1.54) is 6.07 Å². The first-order chi connectivity index (χ1) is 12.2. The van der Waals surface area contributed by atoms with Crippen molar-refractivity contribution < 1.29 is 22.4 Å². The molecule has 0 saturated heterocycles. The van der Waals surface area contributed by atoms with Gasteiger partial charge in [0.25, 0.3) is 5.91 Å². The first-order valence-electron chi connectivity index (χ1n) is 7.28. The Balaban J connectivity index is 1.79. The predicted molar refractivity (Wildman–Crippen MR) is 93.6 cm³/mol. The monoisotopic (exact) mass is 399 g/mol. The van der Waals surface area contributed by atoms with Gasteiger partial charge in [0, 0.05) is 10.6 Å². The quantitative estimate of drug-likeness (QED) is 0.544. The number of hydrogen-bond donors (Lipinski definition) is 1. The van der Waals surface area contributed by atoms with E-state index in [-0.39, 0.29) is 16.5 Å². The molecule has 2 aromatic carbocycles. The first-order valence-corrected chi connectivity index (χ1v) is 8.03. The molecule has 0 saturated carbocycles. The highest BCUT2D eigenvalue weighted by molar-refractivity contribution is 6.34. The molecule has 3 nitrogen and oxygen atoms in total. The summed E-state index contributed by atoms with van der Waals surface area (Å²) in [5.41, 5.74) is -0.170. The molecule has 0 aliphatic carbocycles. The van der Waals surface area contributed by atoms with Crippen molar-refractivity contribution in [1.29, 1.82) is 0 Å². The van der Waals surface area contributed by atoms with Gasteiger partial charge in [0.05, 0.1) is 16.3 Å². The maximum atomic E-state index is 12.6. The minimum absolute atomic E-state index is 0.0176. The second kappa shape index (κ2) is 7.05. The summed E-state index contributed by atoms with van der Waals surface area (Å²) in [6.45, 7) is 0. The van der Waals surface area contributed by atoms with Crippen LogP contribution in [-0.4, -0.2) is 5.91 Å². The number of benzene rings is 2. The van der Waals surface area contributed by atoms with Crippen LogP contribution in [0.1, 0.15) is 16.1 Å². The summed E-state index contributed by atoms with van der Waals surface area (Å²) >= 11 is 11.7. The van der Waals surface area contributed by atoms with Crippen molar-refractivity contribution in [3.63, 3.8) is 0 Å². The van der Waals surface area contributed by atoms with Crippen molar-refractivity contribution in [1.82, 2.24) is 0 Å². The molecule has 1 N–H and O–H groups in total. The van der Waals surface area contributed by atoms with E-state index in [4.69, 9.17) is 27.6 Å². The van der Waals surface area contributed by atoms with Gasteiger partial charge in [-0.3, -0.25) is 4.79 Å². The molecule has 0 unspecified atom stereocenters. The molecule has 0 spiro atoms. The van der Waals surface area contributed by atoms with Crippen LogP contribution in [0, 0.1) is 0 Å². The van der Waals surface area contributed by atoms with E-state index in [1.54, 1.807) is 30.3 Å². The number of halogens is 5. The molecule has 3 rings (SSSR count). The lowest BCUT2D eigenvalue weighted by atomic mass is 10.2. The highest BCUT2D eigenvalue weighted by Crippen LogP contribution is 2.34. The zero-order chi connectivity index (χ0) is 18.9. The molecule has 0 radical (unpaired) electrons. The summed E-state index contributed by atoms with van der Waals surface area (Å²) in [5, 5.41) is 2.71. The molecule has 8 heteroatoms. The molecule has 0 aliphatic heterocycles. The second-order valence-corrected chi connectivity index (χ2v) is 6.16. The Labute approximate surface area is 156 Å². The number of carbonyl (C=O) groups is 1. The topological polar surface area (TPSA) is 42.2 Å². The SMILES string of the molecule is O=C(Nc1ccc(C(F)(F)F)cc1Cl)c1ccc(-c2cccc(Cl)c2)o1. The van der Waals surface area contributed by atoms with Crippen molar-refractivity contribution in [2.24, 2.45) is 0 Å². The molecule has 1 amide bonds. The fourth-order valence-electron chi connectivity index (χ4n) is 2.23. The number of alkyl halides is 3. The third-order valence-corrected chi connectivity index (χ3v) is 4.03. The molecular formula is C18H10Cl2F3NO2. The van der Waals surface area contributed by atoms with Gasteiger partial charge >= 0.3 is 6.18 Å². The van der Waals surface area contributed by atoms with Gasteiger partial charge in [-0.15, -0.1) is 0 Å². The van der Waals surface area contributed by atoms with Gasteiger partial charge in [-0.05, 0) is 42.5 Å². The van der Waals surface area contributed by atoms with Gasteiger partial charge in [-0.25, -0.2) is 0 Å². The van der Waals surface area contributed by atoms with E-state index in [0.29, 0.717) is 16.3 Å². The molecule has 1 aromatic heterocycles. The van der Waals surface area contributed by atoms with Crippen LogP contribution in [0.15, 0.2) is 59.0 Å². The number of nitrogens with one attached hydrogen (secondary N) is 1. The Bertz CT molecular complexity index is 967. The largest absolute Gasteiger partial charge is 0.451 e. The summed E-state index contributed by atoms with van der Waals surface area (Å²) in [7, 11) is 0. The zero-order valence-corrected chi connectivity index (χ0v) is 14.4. The van der Waals surface area contributed by atoms with Crippen LogP contribution in [0.2, 0.25) is 10.0 Å². The molecule has 3 aromatic rings. The van der Waals surface area contributed by atoms with Crippen LogP contribution < -0.4 is 5.32 Å². The standard InChI is InChI=1S/C18H10Cl2F3NO2/c19-12-3-1-2-10(8-12)15-6-7-16(26-15)17(25)24-14-5-4-11(9-13(14)20)18(21,22)23/h1-9H,(H,24,25). The Morgan fingerprint density at radius 2 is 1.77 bits per heavy atom. The van der Waals surface area contributed by atoms with E-state index < -0.39 is 17.6 Å². The average Bonchev–Trinajstić information content (AvgIpc) is 3.06. The molecule has 0 atom stereocenters. The minimum Gasteiger partial charge on any atom is -0.451 e. The fraction of sp³-hybridized carbons (Fsp3) is 0.0556. The average molecular weight is 400 g/mol. The van der Waals surface area contributed by atoms with Gasteiger partial charge in [0.15, 0.2) is 5.76 Å². The molecule has 0 fully saturated rings. The lowest BCUT2D eigenvalue weighted by Crippen LogP contribution is -2.12. The van der Waals surface area contributed by atoms with E-state index in [2.05, 4.69) is 5.32 Å². The second-order valence-electron chi connectivity index (χ2n) is 5.32. The number of amides is 1. The molecule has 134 valence electrons. The van der Waals surface area contributed by atoms with E-state index in [1.807, 2.05) is 0 Å². The molecule has 1 heterocycles. The summed E-state index contributed by atoms with van der Waals surface area (Å²) in [6.07, 6.45) is -4.51. The van der Waals surface area contributed by atoms with E-state index >= 15 is 0 Å². The van der Waals surface area contributed by atoms with Gasteiger partial charge in [-0.1, -0.05) is 35.3 Å². The maximum Gasteiger partial charge on any atom is 0.416 e. The Hall–Kier alpha value is -2.44. The smallest absolute Gasteiger partial charge is 0.416 e. The molecule has 0 aliphatic rings. The van der Waals surface area contributed by atoms with Crippen molar-refractivity contribution in [2.75, 3.05) is 5.32 Å². The van der Waals surface area contributed by atoms with Gasteiger partial charge in [-0.2, -0.15) is 13.2 Å². The minimum atomic E-state index is -4.51. The van der Waals surface area contributed by atoms with Gasteiger partial charge in [0.1, 0.15) is 5.76 Å². The normalized spacial score (nSPS) is 11.4. The third kappa shape index (κ3) is 4.03. The van der Waals surface area contributed by atoms with Crippen molar-refractivity contribution in [2.45, 2.75) is 6.18 Å². The molecule has 0 bridgehead atoms. The number of anilines is 1. The Morgan fingerprint density at radius 1 is 1.00 bits per heavy atom. The van der Waals surface area contributed by atoms with Crippen LogP contribution in [0.3, 0.4) is 0 Å². The van der Waals surface area contributed by atoms with Crippen LogP contribution in [0.25, 0.3) is 11.3 Å². The summed E-state index contributed by atoms with van der Waals surface area (Å²) in [4.78, 5) is 12.2. The van der Waals surface area contributed by atoms with E-state index in [0.717, 1.165) is 18.2 Å². The van der Waals surface area contributed by atoms with Crippen LogP contribution in [0.4, 0.5) is 18.9 Å². The molecular weight excluding hydrogens is 390 g/mol. The lowest BCUT2D eigenvalue weighted by molar-refractivity contribution is -0.137. The predicted octanol–water partition coefficient (Wildman–Crippen LogP) is 6.52. The van der Waals surface area contributed by atoms with Gasteiger partial charge in [0.2, 0.25) is 0 Å². The van der Waals surface area contributed by atoms with Crippen molar-refractivity contribution in [3.05, 3.63) is 76.0 Å². The maximum absolute atomic E-state index is 12.6. The number of carbonyl (C=O) groups excluding carboxylic acids is 1. The number of furan rings is 1. The van der Waals surface area contributed by atoms with E-state index in [9.17, 15) is 18.0 Å². The summed E-state index contributed by atoms with van der Waals surface area (Å²) in [6, 6.07) is 12.6. The highest BCUT2D eigenvalue weighted by atomic mass is 35.5. The zero-order valence-electron chi connectivity index (χ0n) is 12.9.